The topological polar surface area (TPSA) is 64.7 Å². The number of rotatable bonds is 5. The average molecular weight is 621 g/mol. The Morgan fingerprint density at radius 1 is 0.417 bits per heavy atom. The highest BCUT2D eigenvalue weighted by Gasteiger charge is 2.19. The predicted octanol–water partition coefficient (Wildman–Crippen LogP) is 10.8. The van der Waals surface area contributed by atoms with Crippen molar-refractivity contribution in [2.75, 3.05) is 0 Å². The monoisotopic (exact) mass is 620 g/mol. The van der Waals surface area contributed by atoms with Crippen LogP contribution in [-0.4, -0.2) is 19.9 Å². The van der Waals surface area contributed by atoms with Crippen LogP contribution in [0.1, 0.15) is 0 Å². The molecule has 226 valence electrons. The number of hydrogen-bond donors (Lipinski definition) is 0. The maximum absolute atomic E-state index is 13.9. The summed E-state index contributed by atoms with van der Waals surface area (Å²) in [6.07, 6.45) is 0. The van der Waals surface area contributed by atoms with Gasteiger partial charge in [0.2, 0.25) is 5.89 Å². The van der Waals surface area contributed by atoms with E-state index in [2.05, 4.69) is 42.5 Å². The highest BCUT2D eigenvalue weighted by molar-refractivity contribution is 6.11. The van der Waals surface area contributed by atoms with Gasteiger partial charge < -0.3 is 4.42 Å². The third-order valence-electron chi connectivity index (χ3n) is 8.65. The van der Waals surface area contributed by atoms with E-state index < -0.39 is 0 Å². The van der Waals surface area contributed by atoms with Crippen molar-refractivity contribution < 1.29 is 8.81 Å². The lowest BCUT2D eigenvalue weighted by Gasteiger charge is -2.11. The van der Waals surface area contributed by atoms with Crippen molar-refractivity contribution >= 4 is 32.6 Å². The maximum atomic E-state index is 13.9. The molecule has 2 heterocycles. The minimum absolute atomic E-state index is 0.324. The van der Waals surface area contributed by atoms with Crippen LogP contribution in [0, 0.1) is 5.82 Å². The molecule has 5 nitrogen and oxygen atoms in total. The quantitative estimate of drug-likeness (QED) is 0.192. The third kappa shape index (κ3) is 4.87. The third-order valence-corrected chi connectivity index (χ3v) is 8.65. The Bertz CT molecular complexity index is 2610. The molecule has 7 aromatic carbocycles. The Kier molecular flexibility index (Phi) is 6.57. The number of fused-ring (bicyclic) bond motifs is 4. The lowest BCUT2D eigenvalue weighted by atomic mass is 10.0. The van der Waals surface area contributed by atoms with Gasteiger partial charge >= 0.3 is 0 Å². The standard InChI is InChI=1S/C42H25FN4O/c43-32-23-20-30(21-24-32)39-45-40(34-14-6-11-28-10-4-5-13-33(28)34)47-41(46-39)35-15-7-12-29-22-25-36-38(37(29)35)48-42(44-36)31-18-16-27(17-19-31)26-8-2-1-3-9-26/h1-25H. The fourth-order valence-electron chi connectivity index (χ4n) is 6.27. The molecule has 0 amide bonds. The van der Waals surface area contributed by atoms with Crippen molar-refractivity contribution in [3.8, 4) is 56.7 Å². The van der Waals surface area contributed by atoms with Gasteiger partial charge in [0.1, 0.15) is 11.3 Å². The van der Waals surface area contributed by atoms with Gasteiger partial charge in [-0.2, -0.15) is 0 Å². The molecule has 2 aromatic heterocycles. The molecule has 0 aliphatic rings. The number of oxazole rings is 1. The second-order valence-electron chi connectivity index (χ2n) is 11.6. The Morgan fingerprint density at radius 2 is 1.02 bits per heavy atom. The van der Waals surface area contributed by atoms with E-state index in [-0.39, 0.29) is 5.82 Å². The second kappa shape index (κ2) is 11.4. The van der Waals surface area contributed by atoms with Crippen molar-refractivity contribution in [1.29, 1.82) is 0 Å². The number of halogens is 1. The Hall–Kier alpha value is -6.53. The molecule has 6 heteroatoms. The zero-order valence-corrected chi connectivity index (χ0v) is 25.5. The molecular formula is C42H25FN4O. The zero-order valence-electron chi connectivity index (χ0n) is 25.5. The maximum Gasteiger partial charge on any atom is 0.227 e. The molecule has 0 spiro atoms. The number of aromatic nitrogens is 4. The van der Waals surface area contributed by atoms with Gasteiger partial charge in [0.05, 0.1) is 0 Å². The summed E-state index contributed by atoms with van der Waals surface area (Å²) < 4.78 is 20.5. The molecule has 0 radical (unpaired) electrons. The van der Waals surface area contributed by atoms with Crippen LogP contribution in [0.3, 0.4) is 0 Å². The number of benzene rings is 7. The van der Waals surface area contributed by atoms with Crippen molar-refractivity contribution in [3.05, 3.63) is 157 Å². The fraction of sp³-hybridized carbons (Fsp3) is 0. The Labute approximate surface area is 275 Å². The average Bonchev–Trinajstić information content (AvgIpc) is 3.60. The molecule has 0 saturated heterocycles. The molecule has 0 bridgehead atoms. The highest BCUT2D eigenvalue weighted by atomic mass is 19.1. The molecule has 0 N–H and O–H groups in total. The van der Waals surface area contributed by atoms with Gasteiger partial charge in [-0.15, -0.1) is 0 Å². The van der Waals surface area contributed by atoms with E-state index in [9.17, 15) is 4.39 Å². The predicted molar refractivity (Wildman–Crippen MR) is 190 cm³/mol. The molecule has 9 rings (SSSR count). The molecule has 0 saturated carbocycles. The summed E-state index contributed by atoms with van der Waals surface area (Å²) >= 11 is 0. The van der Waals surface area contributed by atoms with Crippen molar-refractivity contribution in [1.82, 2.24) is 19.9 Å². The Morgan fingerprint density at radius 3 is 1.83 bits per heavy atom. The van der Waals surface area contributed by atoms with Gasteiger partial charge in [-0.3, -0.25) is 0 Å². The van der Waals surface area contributed by atoms with E-state index in [1.165, 1.54) is 12.1 Å². The SMILES string of the molecule is Fc1ccc(-c2nc(-c3cccc4ccccc34)nc(-c3cccc4ccc5nc(-c6ccc(-c7ccccc7)cc6)oc5c34)n2)cc1. The van der Waals surface area contributed by atoms with E-state index in [1.807, 2.05) is 84.9 Å². The fourth-order valence-corrected chi connectivity index (χ4v) is 6.27. The first-order chi connectivity index (χ1) is 23.7. The van der Waals surface area contributed by atoms with E-state index in [4.69, 9.17) is 24.4 Å². The molecular weight excluding hydrogens is 595 g/mol. The lowest BCUT2D eigenvalue weighted by molar-refractivity contribution is 0.623. The van der Waals surface area contributed by atoms with Gasteiger partial charge in [0.15, 0.2) is 23.1 Å². The number of nitrogens with zero attached hydrogens (tertiary/aromatic N) is 4. The second-order valence-corrected chi connectivity index (χ2v) is 11.6. The molecule has 0 aliphatic carbocycles. The van der Waals surface area contributed by atoms with Gasteiger partial charge in [0.25, 0.3) is 0 Å². The van der Waals surface area contributed by atoms with Crippen LogP contribution in [0.2, 0.25) is 0 Å². The van der Waals surface area contributed by atoms with Crippen LogP contribution in [0.25, 0.3) is 89.4 Å². The summed E-state index contributed by atoms with van der Waals surface area (Å²) in [6.45, 7) is 0. The molecule has 0 unspecified atom stereocenters. The van der Waals surface area contributed by atoms with Crippen molar-refractivity contribution in [2.45, 2.75) is 0 Å². The molecule has 48 heavy (non-hydrogen) atoms. The van der Waals surface area contributed by atoms with Crippen molar-refractivity contribution in [2.24, 2.45) is 0 Å². The minimum atomic E-state index is -0.324. The number of hydrogen-bond acceptors (Lipinski definition) is 5. The summed E-state index contributed by atoms with van der Waals surface area (Å²) in [5.74, 6) is 1.66. The van der Waals surface area contributed by atoms with Gasteiger partial charge in [-0.05, 0) is 69.8 Å². The van der Waals surface area contributed by atoms with E-state index in [1.54, 1.807) is 12.1 Å². The Balaban J connectivity index is 1.23. The summed E-state index contributed by atoms with van der Waals surface area (Å²) in [7, 11) is 0. The van der Waals surface area contributed by atoms with E-state index in [0.717, 1.165) is 54.9 Å². The minimum Gasteiger partial charge on any atom is -0.435 e. The van der Waals surface area contributed by atoms with Crippen LogP contribution in [-0.2, 0) is 0 Å². The smallest absolute Gasteiger partial charge is 0.227 e. The normalized spacial score (nSPS) is 11.4. The first-order valence-electron chi connectivity index (χ1n) is 15.7. The van der Waals surface area contributed by atoms with Crippen LogP contribution in [0.15, 0.2) is 156 Å². The van der Waals surface area contributed by atoms with Crippen LogP contribution in [0.4, 0.5) is 4.39 Å². The molecule has 0 aliphatic heterocycles. The highest BCUT2D eigenvalue weighted by Crippen LogP contribution is 2.37. The lowest BCUT2D eigenvalue weighted by Crippen LogP contribution is -2.01. The van der Waals surface area contributed by atoms with Crippen molar-refractivity contribution in [3.63, 3.8) is 0 Å². The van der Waals surface area contributed by atoms with Gasteiger partial charge in [0, 0.05) is 27.6 Å². The first-order valence-corrected chi connectivity index (χ1v) is 15.7. The zero-order chi connectivity index (χ0) is 32.0. The van der Waals surface area contributed by atoms with Gasteiger partial charge in [-0.1, -0.05) is 109 Å². The molecule has 0 atom stereocenters. The molecule has 0 fully saturated rings. The molecule has 9 aromatic rings. The summed E-state index contributed by atoms with van der Waals surface area (Å²) in [5, 5.41) is 3.94. The van der Waals surface area contributed by atoms with Crippen LogP contribution >= 0.6 is 0 Å². The first kappa shape index (κ1) is 27.8. The summed E-state index contributed by atoms with van der Waals surface area (Å²) in [6, 6.07) is 49.0. The van der Waals surface area contributed by atoms with Crippen LogP contribution in [0.5, 0.6) is 0 Å². The largest absolute Gasteiger partial charge is 0.435 e. The van der Waals surface area contributed by atoms with Gasteiger partial charge in [-0.25, -0.2) is 24.3 Å². The summed E-state index contributed by atoms with van der Waals surface area (Å²) in [4.78, 5) is 19.8. The van der Waals surface area contributed by atoms with E-state index >= 15 is 0 Å². The van der Waals surface area contributed by atoms with Crippen LogP contribution < -0.4 is 0 Å². The van der Waals surface area contributed by atoms with E-state index in [0.29, 0.717) is 34.5 Å². The summed E-state index contributed by atoms with van der Waals surface area (Å²) in [5.41, 5.74) is 6.90.